The molecule has 1 saturated heterocycles. The third-order valence-electron chi connectivity index (χ3n) is 6.01. The molecule has 1 aromatic heterocycles. The van der Waals surface area contributed by atoms with Crippen molar-refractivity contribution in [2.45, 2.75) is 31.2 Å². The van der Waals surface area contributed by atoms with Crippen molar-refractivity contribution < 1.29 is 23.5 Å². The van der Waals surface area contributed by atoms with E-state index in [9.17, 15) is 14.4 Å². The zero-order valence-electron chi connectivity index (χ0n) is 20.2. The highest BCUT2D eigenvalue weighted by molar-refractivity contribution is 7.99. The van der Waals surface area contributed by atoms with Gasteiger partial charge in [-0.3, -0.25) is 14.4 Å². The number of thioether (sulfide) groups is 1. The van der Waals surface area contributed by atoms with E-state index >= 15 is 0 Å². The van der Waals surface area contributed by atoms with E-state index in [1.807, 2.05) is 61.5 Å². The van der Waals surface area contributed by atoms with E-state index < -0.39 is 11.9 Å². The standard InChI is InChI=1S/C28H25N3O5S/c1-2-35-21-14-12-20(13-15-21)31-25(32)16-23(27(31)34)30(17-19-8-4-3-5-9-19)26(33)18-37-28-29-22-10-6-7-11-24(22)36-28/h3-15,23H,2,16-18H2,1H3. The Labute approximate surface area is 218 Å². The Hall–Kier alpha value is -4.11. The van der Waals surface area contributed by atoms with Crippen LogP contribution in [0.3, 0.4) is 0 Å². The number of carbonyl (C=O) groups excluding carboxylic acids is 3. The Kier molecular flexibility index (Phi) is 7.23. The van der Waals surface area contributed by atoms with Gasteiger partial charge in [0.15, 0.2) is 5.58 Å². The SMILES string of the molecule is CCOc1ccc(N2C(=O)CC(N(Cc3ccccc3)C(=O)CSc3nc4ccccc4o3)C2=O)cc1. The van der Waals surface area contributed by atoms with Crippen molar-refractivity contribution >= 4 is 46.3 Å². The molecule has 188 valence electrons. The summed E-state index contributed by atoms with van der Waals surface area (Å²) >= 11 is 1.16. The summed E-state index contributed by atoms with van der Waals surface area (Å²) < 4.78 is 11.2. The molecular weight excluding hydrogens is 490 g/mol. The molecule has 0 spiro atoms. The van der Waals surface area contributed by atoms with Crippen LogP contribution < -0.4 is 9.64 Å². The molecule has 9 heteroatoms. The number of carbonyl (C=O) groups is 3. The van der Waals surface area contributed by atoms with Crippen LogP contribution in [0, 0.1) is 0 Å². The average molecular weight is 516 g/mol. The van der Waals surface area contributed by atoms with Crippen LogP contribution in [0.4, 0.5) is 5.69 Å². The first-order chi connectivity index (χ1) is 18.0. The van der Waals surface area contributed by atoms with E-state index in [0.29, 0.717) is 34.4 Å². The molecule has 5 rings (SSSR count). The van der Waals surface area contributed by atoms with Gasteiger partial charge in [0.25, 0.3) is 11.1 Å². The van der Waals surface area contributed by atoms with Crippen LogP contribution in [-0.2, 0) is 20.9 Å². The zero-order valence-corrected chi connectivity index (χ0v) is 21.0. The summed E-state index contributed by atoms with van der Waals surface area (Å²) in [5.41, 5.74) is 2.67. The maximum atomic E-state index is 13.5. The number of anilines is 1. The third-order valence-corrected chi connectivity index (χ3v) is 6.83. The molecule has 1 aliphatic rings. The summed E-state index contributed by atoms with van der Waals surface area (Å²) in [5.74, 6) is -0.391. The number of amides is 3. The largest absolute Gasteiger partial charge is 0.494 e. The van der Waals surface area contributed by atoms with Crippen molar-refractivity contribution in [1.82, 2.24) is 9.88 Å². The van der Waals surface area contributed by atoms with Crippen molar-refractivity contribution in [3.05, 3.63) is 84.4 Å². The lowest BCUT2D eigenvalue weighted by Crippen LogP contribution is -2.45. The van der Waals surface area contributed by atoms with Crippen LogP contribution in [-0.4, -0.2) is 46.0 Å². The van der Waals surface area contributed by atoms with Gasteiger partial charge < -0.3 is 14.1 Å². The molecule has 0 radical (unpaired) electrons. The minimum atomic E-state index is -0.906. The van der Waals surface area contributed by atoms with E-state index in [0.717, 1.165) is 22.2 Å². The first kappa shape index (κ1) is 24.6. The van der Waals surface area contributed by atoms with Gasteiger partial charge in [0.05, 0.1) is 24.5 Å². The molecular formula is C28H25N3O5S. The molecule has 1 aliphatic heterocycles. The van der Waals surface area contributed by atoms with E-state index in [2.05, 4.69) is 4.98 Å². The number of oxazole rings is 1. The molecule has 3 amide bonds. The van der Waals surface area contributed by atoms with E-state index in [4.69, 9.17) is 9.15 Å². The lowest BCUT2D eigenvalue weighted by atomic mass is 10.1. The summed E-state index contributed by atoms with van der Waals surface area (Å²) in [6, 6.07) is 22.7. The van der Waals surface area contributed by atoms with Gasteiger partial charge in [-0.15, -0.1) is 0 Å². The Morgan fingerprint density at radius 1 is 1.05 bits per heavy atom. The molecule has 4 aromatic rings. The fourth-order valence-corrected chi connectivity index (χ4v) is 4.98. The van der Waals surface area contributed by atoms with E-state index in [1.54, 1.807) is 24.3 Å². The van der Waals surface area contributed by atoms with Crippen molar-refractivity contribution in [2.24, 2.45) is 0 Å². The molecule has 1 fully saturated rings. The second kappa shape index (κ2) is 10.9. The third kappa shape index (κ3) is 5.36. The van der Waals surface area contributed by atoms with Crippen molar-refractivity contribution in [3.8, 4) is 5.75 Å². The number of aromatic nitrogens is 1. The van der Waals surface area contributed by atoms with E-state index in [1.165, 1.54) is 4.90 Å². The van der Waals surface area contributed by atoms with Crippen LogP contribution in [0.15, 0.2) is 88.5 Å². The van der Waals surface area contributed by atoms with Crippen molar-refractivity contribution in [1.29, 1.82) is 0 Å². The molecule has 0 aliphatic carbocycles. The Morgan fingerprint density at radius 2 is 1.78 bits per heavy atom. The van der Waals surface area contributed by atoms with Gasteiger partial charge in [-0.25, -0.2) is 9.88 Å². The van der Waals surface area contributed by atoms with Gasteiger partial charge in [-0.05, 0) is 48.9 Å². The fraction of sp³-hybridized carbons (Fsp3) is 0.214. The Balaban J connectivity index is 1.36. The Morgan fingerprint density at radius 3 is 2.51 bits per heavy atom. The van der Waals surface area contributed by atoms with Gasteiger partial charge in [0, 0.05) is 6.54 Å². The van der Waals surface area contributed by atoms with Gasteiger partial charge in [0.1, 0.15) is 17.3 Å². The van der Waals surface area contributed by atoms with Crippen LogP contribution in [0.2, 0.25) is 0 Å². The summed E-state index contributed by atoms with van der Waals surface area (Å²) in [7, 11) is 0. The number of hydrogen-bond acceptors (Lipinski definition) is 7. The highest BCUT2D eigenvalue weighted by atomic mass is 32.2. The number of hydrogen-bond donors (Lipinski definition) is 0. The van der Waals surface area contributed by atoms with Crippen LogP contribution in [0.5, 0.6) is 5.75 Å². The van der Waals surface area contributed by atoms with Crippen LogP contribution in [0.1, 0.15) is 18.9 Å². The summed E-state index contributed by atoms with van der Waals surface area (Å²) in [4.78, 5) is 47.0. The Bertz CT molecular complexity index is 1390. The minimum Gasteiger partial charge on any atom is -0.494 e. The molecule has 1 atom stereocenters. The molecule has 37 heavy (non-hydrogen) atoms. The highest BCUT2D eigenvalue weighted by Gasteiger charge is 2.44. The second-order valence-electron chi connectivity index (χ2n) is 8.46. The lowest BCUT2D eigenvalue weighted by molar-refractivity contribution is -0.136. The van der Waals surface area contributed by atoms with Crippen LogP contribution >= 0.6 is 11.8 Å². The second-order valence-corrected chi connectivity index (χ2v) is 9.38. The first-order valence-corrected chi connectivity index (χ1v) is 12.9. The van der Waals surface area contributed by atoms with Gasteiger partial charge in [-0.1, -0.05) is 54.2 Å². The monoisotopic (exact) mass is 515 g/mol. The van der Waals surface area contributed by atoms with Crippen molar-refractivity contribution in [3.63, 3.8) is 0 Å². The molecule has 0 bridgehead atoms. The van der Waals surface area contributed by atoms with Gasteiger partial charge in [0.2, 0.25) is 11.8 Å². The minimum absolute atomic E-state index is 0.0146. The predicted octanol–water partition coefficient (Wildman–Crippen LogP) is 4.68. The number of fused-ring (bicyclic) bond motifs is 1. The maximum Gasteiger partial charge on any atom is 0.257 e. The fourth-order valence-electron chi connectivity index (χ4n) is 4.26. The molecule has 2 heterocycles. The van der Waals surface area contributed by atoms with Crippen LogP contribution in [0.25, 0.3) is 11.1 Å². The highest BCUT2D eigenvalue weighted by Crippen LogP contribution is 2.30. The molecule has 8 nitrogen and oxygen atoms in total. The quantitative estimate of drug-likeness (QED) is 0.236. The number of benzene rings is 3. The number of rotatable bonds is 9. The zero-order chi connectivity index (χ0) is 25.8. The summed E-state index contributed by atoms with van der Waals surface area (Å²) in [6.07, 6.45) is -0.0851. The molecule has 0 N–H and O–H groups in total. The number of ether oxygens (including phenoxy) is 1. The first-order valence-electron chi connectivity index (χ1n) is 11.9. The molecule has 1 unspecified atom stereocenters. The smallest absolute Gasteiger partial charge is 0.257 e. The van der Waals surface area contributed by atoms with Crippen molar-refractivity contribution in [2.75, 3.05) is 17.3 Å². The van der Waals surface area contributed by atoms with E-state index in [-0.39, 0.29) is 30.5 Å². The van der Waals surface area contributed by atoms with Gasteiger partial charge in [-0.2, -0.15) is 0 Å². The van der Waals surface area contributed by atoms with Gasteiger partial charge >= 0.3 is 0 Å². The maximum absolute atomic E-state index is 13.5. The molecule has 3 aromatic carbocycles. The topological polar surface area (TPSA) is 92.9 Å². The summed E-state index contributed by atoms with van der Waals surface area (Å²) in [6.45, 7) is 2.60. The predicted molar refractivity (Wildman–Crippen MR) is 140 cm³/mol. The number of imide groups is 1. The summed E-state index contributed by atoms with van der Waals surface area (Å²) in [5, 5.41) is 0.374. The number of para-hydroxylation sites is 2. The normalized spacial score (nSPS) is 15.4. The molecule has 0 saturated carbocycles. The number of nitrogens with zero attached hydrogens (tertiary/aromatic N) is 3. The average Bonchev–Trinajstić information content (AvgIpc) is 3.47. The lowest BCUT2D eigenvalue weighted by Gasteiger charge is -2.27.